The number of esters is 1. The number of hydrogen-bond acceptors (Lipinski definition) is 7. The first-order valence-electron chi connectivity index (χ1n) is 8.86. The van der Waals surface area contributed by atoms with Crippen molar-refractivity contribution in [1.82, 2.24) is 0 Å². The van der Waals surface area contributed by atoms with Crippen LogP contribution in [0.1, 0.15) is 15.9 Å². The van der Waals surface area contributed by atoms with Gasteiger partial charge in [-0.25, -0.2) is 17.6 Å². The maximum atomic E-state index is 13.7. The Morgan fingerprint density at radius 3 is 2.26 bits per heavy atom. The molecule has 0 aromatic heterocycles. The number of nitrogens with zero attached hydrogens (tertiary/aromatic N) is 1. The Morgan fingerprint density at radius 2 is 1.65 bits per heavy atom. The fraction of sp³-hybridized carbons (Fsp3) is 0.0952. The molecule has 8 nitrogen and oxygen atoms in total. The van der Waals surface area contributed by atoms with Gasteiger partial charge in [0.05, 0.1) is 23.3 Å². The van der Waals surface area contributed by atoms with Crippen molar-refractivity contribution >= 4 is 27.4 Å². The molecule has 0 aliphatic carbocycles. The van der Waals surface area contributed by atoms with Gasteiger partial charge in [-0.1, -0.05) is 17.7 Å². The minimum Gasteiger partial charge on any atom is -0.465 e. The zero-order valence-electron chi connectivity index (χ0n) is 16.5. The van der Waals surface area contributed by atoms with Crippen LogP contribution in [0, 0.1) is 17.6 Å². The average molecular weight is 444 g/mol. The monoisotopic (exact) mass is 444 g/mol. The number of ether oxygens (including phenoxy) is 2. The number of nitroso groups, excluding NO2 is 1. The number of anilines is 1. The van der Waals surface area contributed by atoms with Crippen molar-refractivity contribution in [1.29, 1.82) is 0 Å². The van der Waals surface area contributed by atoms with Gasteiger partial charge in [0.2, 0.25) is 0 Å². The van der Waals surface area contributed by atoms with Crippen LogP contribution in [0.15, 0.2) is 70.7 Å². The maximum Gasteiger partial charge on any atom is 0.340 e. The van der Waals surface area contributed by atoms with Crippen LogP contribution in [-0.4, -0.2) is 21.5 Å². The normalized spacial score (nSPS) is 10.9. The van der Waals surface area contributed by atoms with Crippen LogP contribution in [-0.2, 0) is 14.8 Å². The quantitative estimate of drug-likeness (QED) is 0.409. The summed E-state index contributed by atoms with van der Waals surface area (Å²) >= 11 is 0. The smallest absolute Gasteiger partial charge is 0.340 e. The lowest BCUT2D eigenvalue weighted by atomic mass is 10.1. The number of halogens is 1. The van der Waals surface area contributed by atoms with Crippen LogP contribution in [0.2, 0.25) is 0 Å². The van der Waals surface area contributed by atoms with Gasteiger partial charge in [0.15, 0.2) is 5.82 Å². The molecule has 0 aliphatic heterocycles. The first-order chi connectivity index (χ1) is 14.7. The molecule has 0 bridgehead atoms. The number of carbonyl (C=O) groups excluding carboxylic acids is 1. The van der Waals surface area contributed by atoms with Gasteiger partial charge in [0.1, 0.15) is 17.2 Å². The minimum atomic E-state index is -3.97. The van der Waals surface area contributed by atoms with Gasteiger partial charge in [-0.05, 0) is 54.6 Å². The Labute approximate surface area is 177 Å². The fourth-order valence-electron chi connectivity index (χ4n) is 2.64. The average Bonchev–Trinajstić information content (AvgIpc) is 2.74. The molecule has 3 rings (SSSR count). The van der Waals surface area contributed by atoms with Crippen molar-refractivity contribution in [2.45, 2.75) is 11.8 Å². The van der Waals surface area contributed by atoms with Gasteiger partial charge in [0.25, 0.3) is 10.0 Å². The number of hydrogen-bond donors (Lipinski definition) is 1. The van der Waals surface area contributed by atoms with Gasteiger partial charge in [-0.2, -0.15) is 0 Å². The van der Waals surface area contributed by atoms with E-state index in [4.69, 9.17) is 9.47 Å². The third kappa shape index (κ3) is 5.04. The number of aryl methyl sites for hydroxylation is 1. The zero-order chi connectivity index (χ0) is 22.6. The highest BCUT2D eigenvalue weighted by molar-refractivity contribution is 7.92. The lowest BCUT2D eigenvalue weighted by Gasteiger charge is -2.14. The van der Waals surface area contributed by atoms with Crippen LogP contribution in [0.5, 0.6) is 11.5 Å². The second-order valence-corrected chi connectivity index (χ2v) is 8.11. The summed E-state index contributed by atoms with van der Waals surface area (Å²) in [7, 11) is -2.82. The van der Waals surface area contributed by atoms with Crippen LogP contribution >= 0.6 is 0 Å². The summed E-state index contributed by atoms with van der Waals surface area (Å²) in [4.78, 5) is 22.7. The van der Waals surface area contributed by atoms with Gasteiger partial charge >= 0.3 is 5.97 Å². The van der Waals surface area contributed by atoms with Gasteiger partial charge in [0, 0.05) is 6.07 Å². The summed E-state index contributed by atoms with van der Waals surface area (Å²) in [5.41, 5.74) is 0.390. The Balaban J connectivity index is 1.93. The molecule has 3 aromatic rings. The van der Waals surface area contributed by atoms with E-state index in [0.29, 0.717) is 0 Å². The highest BCUT2D eigenvalue weighted by atomic mass is 32.2. The number of methoxy groups -OCH3 is 1. The summed E-state index contributed by atoms with van der Waals surface area (Å²) in [5, 5.41) is 2.54. The van der Waals surface area contributed by atoms with Gasteiger partial charge in [-0.3, -0.25) is 4.72 Å². The highest BCUT2D eigenvalue weighted by Crippen LogP contribution is 2.30. The summed E-state index contributed by atoms with van der Waals surface area (Å²) in [6, 6.07) is 13.6. The lowest BCUT2D eigenvalue weighted by molar-refractivity contribution is 0.0601. The molecule has 0 unspecified atom stereocenters. The number of carbonyl (C=O) groups is 1. The molecular formula is C21H17FN2O6S. The molecule has 31 heavy (non-hydrogen) atoms. The number of sulfonamides is 1. The Kier molecular flexibility index (Phi) is 6.30. The molecule has 0 fully saturated rings. The van der Waals surface area contributed by atoms with Gasteiger partial charge < -0.3 is 9.47 Å². The molecule has 0 spiro atoms. The number of benzene rings is 3. The van der Waals surface area contributed by atoms with E-state index >= 15 is 0 Å². The van der Waals surface area contributed by atoms with Crippen molar-refractivity contribution in [3.05, 3.63) is 82.5 Å². The zero-order valence-corrected chi connectivity index (χ0v) is 17.3. The Morgan fingerprint density at radius 1 is 1.00 bits per heavy atom. The molecule has 0 atom stereocenters. The second-order valence-electron chi connectivity index (χ2n) is 6.42. The van der Waals surface area contributed by atoms with E-state index in [1.54, 1.807) is 12.1 Å². The molecule has 1 N–H and O–H groups in total. The summed E-state index contributed by atoms with van der Waals surface area (Å²) in [6.07, 6.45) is 0. The predicted molar refractivity (Wildman–Crippen MR) is 112 cm³/mol. The summed E-state index contributed by atoms with van der Waals surface area (Å²) in [6.45, 7) is 1.83. The van der Waals surface area contributed by atoms with Crippen LogP contribution in [0.3, 0.4) is 0 Å². The number of nitrogens with one attached hydrogen (secondary N) is 1. The second kappa shape index (κ2) is 8.92. The first-order valence-corrected chi connectivity index (χ1v) is 10.3. The van der Waals surface area contributed by atoms with Crippen LogP contribution in [0.4, 0.5) is 15.8 Å². The third-order valence-electron chi connectivity index (χ3n) is 4.23. The van der Waals surface area contributed by atoms with Crippen molar-refractivity contribution in [2.75, 3.05) is 11.8 Å². The molecule has 0 saturated heterocycles. The van der Waals surface area contributed by atoms with E-state index in [1.807, 2.05) is 6.92 Å². The van der Waals surface area contributed by atoms with E-state index in [9.17, 15) is 22.5 Å². The molecule has 0 amide bonds. The van der Waals surface area contributed by atoms with Crippen LogP contribution in [0.25, 0.3) is 0 Å². The van der Waals surface area contributed by atoms with E-state index in [2.05, 4.69) is 9.90 Å². The molecule has 0 radical (unpaired) electrons. The largest absolute Gasteiger partial charge is 0.465 e. The fourth-order valence-corrected chi connectivity index (χ4v) is 3.72. The molecule has 3 aromatic carbocycles. The van der Waals surface area contributed by atoms with E-state index in [1.165, 1.54) is 36.4 Å². The van der Waals surface area contributed by atoms with Gasteiger partial charge in [-0.15, -0.1) is 4.91 Å². The first kappa shape index (κ1) is 21.9. The van der Waals surface area contributed by atoms with Crippen molar-refractivity contribution in [3.63, 3.8) is 0 Å². The molecule has 160 valence electrons. The Hall–Kier alpha value is -3.79. The van der Waals surface area contributed by atoms with Crippen LogP contribution < -0.4 is 9.46 Å². The molecular weight excluding hydrogens is 427 g/mol. The van der Waals surface area contributed by atoms with E-state index in [-0.39, 0.29) is 33.3 Å². The molecule has 10 heteroatoms. The maximum absolute atomic E-state index is 13.7. The highest BCUT2D eigenvalue weighted by Gasteiger charge is 2.20. The molecule has 0 saturated carbocycles. The Bertz CT molecular complexity index is 1240. The number of rotatable bonds is 7. The van der Waals surface area contributed by atoms with Crippen molar-refractivity contribution in [3.8, 4) is 11.5 Å². The lowest BCUT2D eigenvalue weighted by Crippen LogP contribution is -2.16. The van der Waals surface area contributed by atoms with Crippen molar-refractivity contribution < 1.29 is 27.1 Å². The standard InChI is InChI=1S/C21H17FN2O6S/c1-13-3-7-16(8-4-13)31(27,28)24-19-9-5-14(11-17(19)21(25)29-2)30-15-6-10-20(23-26)18(22)12-15/h3-12,24H,1-2H3. The minimum absolute atomic E-state index is 0.0218. The summed E-state index contributed by atoms with van der Waals surface area (Å²) < 4.78 is 51.7. The molecule has 0 aliphatic rings. The van der Waals surface area contributed by atoms with E-state index in [0.717, 1.165) is 24.8 Å². The third-order valence-corrected chi connectivity index (χ3v) is 5.61. The molecule has 0 heterocycles. The SMILES string of the molecule is COC(=O)c1cc(Oc2ccc(N=O)c(F)c2)ccc1NS(=O)(=O)c1ccc(C)cc1. The summed E-state index contributed by atoms with van der Waals surface area (Å²) in [5.74, 6) is -1.51. The van der Waals surface area contributed by atoms with Crippen molar-refractivity contribution in [2.24, 2.45) is 5.18 Å². The predicted octanol–water partition coefficient (Wildman–Crippen LogP) is 4.91. The van der Waals surface area contributed by atoms with E-state index < -0.39 is 21.8 Å². The topological polar surface area (TPSA) is 111 Å².